The number of rotatable bonds is 6. The van der Waals surface area contributed by atoms with Gasteiger partial charge in [0.25, 0.3) is 0 Å². The molecule has 0 spiro atoms. The average molecular weight is 346 g/mol. The third-order valence-corrected chi connectivity index (χ3v) is 7.32. The minimum absolute atomic E-state index is 0.442. The Labute approximate surface area is 155 Å². The second-order valence-corrected chi connectivity index (χ2v) is 9.61. The van der Waals surface area contributed by atoms with Crippen molar-refractivity contribution in [2.45, 2.75) is 92.4 Å². The number of nitrogens with zero attached hydrogens (tertiary/aromatic N) is 1. The van der Waals surface area contributed by atoms with Crippen molar-refractivity contribution in [1.29, 1.82) is 0 Å². The van der Waals surface area contributed by atoms with E-state index in [9.17, 15) is 0 Å². The molecule has 25 heavy (non-hydrogen) atoms. The van der Waals surface area contributed by atoms with Crippen molar-refractivity contribution >= 4 is 5.71 Å². The summed E-state index contributed by atoms with van der Waals surface area (Å²) in [5.74, 6) is 1.52. The van der Waals surface area contributed by atoms with Crippen LogP contribution in [-0.4, -0.2) is 10.9 Å². The zero-order chi connectivity index (χ0) is 18.7. The molecular weight excluding hydrogens is 306 g/mol. The van der Waals surface area contributed by atoms with Crippen LogP contribution in [0.4, 0.5) is 0 Å². The van der Waals surface area contributed by atoms with Gasteiger partial charge in [-0.05, 0) is 87.9 Å². The van der Waals surface area contributed by atoms with Gasteiger partial charge in [-0.1, -0.05) is 56.1 Å². The largest absolute Gasteiger partial charge is 0.411 e. The number of hydrogen-bond acceptors (Lipinski definition) is 2. The van der Waals surface area contributed by atoms with E-state index >= 15 is 0 Å². The summed E-state index contributed by atoms with van der Waals surface area (Å²) in [5, 5.41) is 12.0. The first-order valence-electron chi connectivity index (χ1n) is 10.2. The number of fused-ring (bicyclic) bond motifs is 1. The summed E-state index contributed by atoms with van der Waals surface area (Å²) >= 11 is 0. The predicted octanol–water partition coefficient (Wildman–Crippen LogP) is 7.14. The lowest BCUT2D eigenvalue weighted by Crippen LogP contribution is -2.49. The molecule has 1 N–H and O–H groups in total. The summed E-state index contributed by atoms with van der Waals surface area (Å²) in [6.07, 6.45) is 13.3. The van der Waals surface area contributed by atoms with Gasteiger partial charge in [0.05, 0.1) is 5.71 Å². The molecule has 2 saturated carbocycles. The van der Waals surface area contributed by atoms with Crippen molar-refractivity contribution in [2.24, 2.45) is 27.8 Å². The molecule has 0 saturated heterocycles. The van der Waals surface area contributed by atoms with E-state index in [0.29, 0.717) is 16.7 Å². The number of allylic oxidation sites excluding steroid dienone is 3. The molecule has 0 aromatic carbocycles. The molecule has 2 nitrogen and oxygen atoms in total. The maximum Gasteiger partial charge on any atom is 0.0543 e. The highest BCUT2D eigenvalue weighted by atomic mass is 16.4. The smallest absolute Gasteiger partial charge is 0.0543 e. The Morgan fingerprint density at radius 1 is 1.24 bits per heavy atom. The van der Waals surface area contributed by atoms with Crippen LogP contribution >= 0.6 is 0 Å². The number of hydrogen-bond donors (Lipinski definition) is 1. The molecule has 0 heterocycles. The molecule has 0 bridgehead atoms. The van der Waals surface area contributed by atoms with Crippen molar-refractivity contribution in [3.05, 3.63) is 23.8 Å². The van der Waals surface area contributed by atoms with Crippen LogP contribution in [0.1, 0.15) is 92.4 Å². The molecule has 0 amide bonds. The fourth-order valence-corrected chi connectivity index (χ4v) is 5.86. The first-order valence-corrected chi connectivity index (χ1v) is 10.2. The average Bonchev–Trinajstić information content (AvgIpc) is 2.53. The minimum atomic E-state index is 0.442. The second kappa shape index (κ2) is 8.10. The van der Waals surface area contributed by atoms with Gasteiger partial charge in [-0.25, -0.2) is 0 Å². The second-order valence-electron chi connectivity index (χ2n) is 9.61. The van der Waals surface area contributed by atoms with E-state index in [-0.39, 0.29) is 0 Å². The summed E-state index contributed by atoms with van der Waals surface area (Å²) in [6.45, 7) is 16.2. The molecule has 2 aliphatic rings. The van der Waals surface area contributed by atoms with Crippen molar-refractivity contribution in [3.63, 3.8) is 0 Å². The Hall–Kier alpha value is -1.05. The van der Waals surface area contributed by atoms with Gasteiger partial charge >= 0.3 is 0 Å². The van der Waals surface area contributed by atoms with Crippen LogP contribution < -0.4 is 0 Å². The summed E-state index contributed by atoms with van der Waals surface area (Å²) in [4.78, 5) is 0. The van der Waals surface area contributed by atoms with Gasteiger partial charge in [-0.2, -0.15) is 0 Å². The zero-order valence-electron chi connectivity index (χ0n) is 17.2. The lowest BCUT2D eigenvalue weighted by Gasteiger charge is -2.58. The quantitative estimate of drug-likeness (QED) is 0.236. The van der Waals surface area contributed by atoms with Crippen molar-refractivity contribution in [1.82, 2.24) is 0 Å². The van der Waals surface area contributed by atoms with Gasteiger partial charge in [0.2, 0.25) is 0 Å². The van der Waals surface area contributed by atoms with Gasteiger partial charge in [0.1, 0.15) is 0 Å². The molecular formula is C23H39NO. The van der Waals surface area contributed by atoms with Crippen LogP contribution in [0.2, 0.25) is 0 Å². The van der Waals surface area contributed by atoms with E-state index in [0.717, 1.165) is 24.5 Å². The maximum atomic E-state index is 8.74. The summed E-state index contributed by atoms with van der Waals surface area (Å²) in [7, 11) is 0. The molecule has 0 aromatic heterocycles. The fraction of sp³-hybridized carbons (Fsp3) is 0.783. The molecule has 0 aromatic rings. The third-order valence-electron chi connectivity index (χ3n) is 7.32. The Balaban J connectivity index is 2.02. The molecule has 2 aliphatic carbocycles. The molecule has 3 atom stereocenters. The van der Waals surface area contributed by atoms with E-state index in [1.54, 1.807) is 0 Å². The Bertz CT molecular complexity index is 542. The zero-order valence-corrected chi connectivity index (χ0v) is 17.2. The summed E-state index contributed by atoms with van der Waals surface area (Å²) in [5.41, 5.74) is 4.71. The lowest BCUT2D eigenvalue weighted by atomic mass is 9.47. The molecule has 2 rings (SSSR count). The van der Waals surface area contributed by atoms with Gasteiger partial charge in [0, 0.05) is 0 Å². The van der Waals surface area contributed by atoms with E-state index < -0.39 is 0 Å². The monoisotopic (exact) mass is 345 g/mol. The molecule has 2 heteroatoms. The SMILES string of the molecule is C=C1CCC2C(C)(C)CCCC2(C)C1CCC(C)=CCCC(C)=NO. The Morgan fingerprint density at radius 3 is 2.64 bits per heavy atom. The Morgan fingerprint density at radius 2 is 1.96 bits per heavy atom. The van der Waals surface area contributed by atoms with Crippen LogP contribution in [0.5, 0.6) is 0 Å². The van der Waals surface area contributed by atoms with Crippen molar-refractivity contribution in [3.8, 4) is 0 Å². The first-order chi connectivity index (χ1) is 11.7. The van der Waals surface area contributed by atoms with Crippen LogP contribution in [-0.2, 0) is 0 Å². The maximum absolute atomic E-state index is 8.74. The van der Waals surface area contributed by atoms with Gasteiger partial charge in [-0.15, -0.1) is 0 Å². The van der Waals surface area contributed by atoms with E-state index in [1.165, 1.54) is 56.1 Å². The summed E-state index contributed by atoms with van der Waals surface area (Å²) < 4.78 is 0. The van der Waals surface area contributed by atoms with Gasteiger partial charge < -0.3 is 5.21 Å². The highest BCUT2D eigenvalue weighted by Gasteiger charge is 2.52. The van der Waals surface area contributed by atoms with E-state index in [4.69, 9.17) is 5.21 Å². The molecule has 3 unspecified atom stereocenters. The molecule has 2 fully saturated rings. The van der Waals surface area contributed by atoms with Crippen molar-refractivity contribution < 1.29 is 5.21 Å². The van der Waals surface area contributed by atoms with Crippen LogP contribution in [0.3, 0.4) is 0 Å². The van der Waals surface area contributed by atoms with Gasteiger partial charge in [0.15, 0.2) is 0 Å². The fourth-order valence-electron chi connectivity index (χ4n) is 5.86. The predicted molar refractivity (Wildman–Crippen MR) is 108 cm³/mol. The van der Waals surface area contributed by atoms with Crippen LogP contribution in [0.15, 0.2) is 29.0 Å². The highest BCUT2D eigenvalue weighted by molar-refractivity contribution is 5.81. The van der Waals surface area contributed by atoms with E-state index in [1.807, 2.05) is 6.92 Å². The molecule has 0 aliphatic heterocycles. The minimum Gasteiger partial charge on any atom is -0.411 e. The van der Waals surface area contributed by atoms with Crippen molar-refractivity contribution in [2.75, 3.05) is 0 Å². The standard InChI is InChI=1S/C23H39NO/c1-17(9-7-10-19(3)24-25)11-13-20-18(2)12-14-21-22(4,5)15-8-16-23(20,21)6/h9,20-21,25H,2,7-8,10-16H2,1,3-6H3. The van der Waals surface area contributed by atoms with Crippen LogP contribution in [0.25, 0.3) is 0 Å². The topological polar surface area (TPSA) is 32.6 Å². The van der Waals surface area contributed by atoms with Crippen LogP contribution in [0, 0.1) is 22.7 Å². The Kier molecular flexibility index (Phi) is 6.56. The third kappa shape index (κ3) is 4.57. The number of oxime groups is 1. The lowest BCUT2D eigenvalue weighted by molar-refractivity contribution is -0.0539. The summed E-state index contributed by atoms with van der Waals surface area (Å²) in [6, 6.07) is 0. The van der Waals surface area contributed by atoms with Gasteiger partial charge in [-0.3, -0.25) is 0 Å². The first kappa shape index (κ1) is 20.3. The highest BCUT2D eigenvalue weighted by Crippen LogP contribution is 2.61. The normalized spacial score (nSPS) is 33.2. The van der Waals surface area contributed by atoms with E-state index in [2.05, 4.69) is 45.5 Å². The molecule has 142 valence electrons. The molecule has 0 radical (unpaired) electrons.